The summed E-state index contributed by atoms with van der Waals surface area (Å²) in [5.74, 6) is 2.81. The first-order valence-corrected chi connectivity index (χ1v) is 7.46. The number of aryl methyl sites for hydroxylation is 1. The van der Waals surface area contributed by atoms with Gasteiger partial charge >= 0.3 is 6.18 Å². The molecule has 134 valence electrons. The average Bonchev–Trinajstić information content (AvgIpc) is 3.28. The summed E-state index contributed by atoms with van der Waals surface area (Å²) < 4.78 is 40.5. The van der Waals surface area contributed by atoms with Gasteiger partial charge in [-0.3, -0.25) is 15.0 Å². The first-order valence-electron chi connectivity index (χ1n) is 7.46. The van der Waals surface area contributed by atoms with E-state index in [0.717, 1.165) is 6.20 Å². The minimum atomic E-state index is -4.53. The highest BCUT2D eigenvalue weighted by Crippen LogP contribution is 2.40. The largest absolute Gasteiger partial charge is 0.408 e. The number of alkyl halides is 3. The fourth-order valence-corrected chi connectivity index (χ4v) is 2.58. The molecule has 0 radical (unpaired) electrons. The monoisotopic (exact) mass is 356 g/mol. The number of nitrogen functional groups attached to an aromatic ring is 1. The lowest BCUT2D eigenvalue weighted by atomic mass is 10.1. The van der Waals surface area contributed by atoms with Crippen LogP contribution < -0.4 is 16.6 Å². The highest BCUT2D eigenvalue weighted by atomic mass is 19.4. The lowest BCUT2D eigenvalue weighted by molar-refractivity contribution is -0.158. The molecule has 1 fully saturated rings. The number of hydrogen-bond acceptors (Lipinski definition) is 5. The number of rotatable bonds is 4. The summed E-state index contributed by atoms with van der Waals surface area (Å²) >= 11 is 0. The number of nitrogens with one attached hydrogen (secondary N) is 2. The van der Waals surface area contributed by atoms with Crippen molar-refractivity contribution in [3.8, 4) is 0 Å². The topological polar surface area (TPSA) is 114 Å². The van der Waals surface area contributed by atoms with Crippen LogP contribution in [0.5, 0.6) is 0 Å². The summed E-state index contributed by atoms with van der Waals surface area (Å²) in [6.45, 7) is 1.61. The molecule has 8 nitrogen and oxygen atoms in total. The van der Waals surface area contributed by atoms with Crippen molar-refractivity contribution in [2.75, 3.05) is 0 Å². The molecule has 1 saturated carbocycles. The highest BCUT2D eigenvalue weighted by Gasteiger charge is 2.49. The average molecular weight is 356 g/mol. The zero-order chi connectivity index (χ0) is 18.4. The Morgan fingerprint density at radius 1 is 1.36 bits per heavy atom. The van der Waals surface area contributed by atoms with E-state index >= 15 is 0 Å². The highest BCUT2D eigenvalue weighted by molar-refractivity contribution is 6.00. The molecule has 4 N–H and O–H groups in total. The smallest absolute Gasteiger partial charge is 0.340 e. The van der Waals surface area contributed by atoms with Crippen molar-refractivity contribution < 1.29 is 22.8 Å². The van der Waals surface area contributed by atoms with E-state index in [9.17, 15) is 22.8 Å². The van der Waals surface area contributed by atoms with Gasteiger partial charge in [0, 0.05) is 5.69 Å². The summed E-state index contributed by atoms with van der Waals surface area (Å²) in [5.41, 5.74) is 2.14. The van der Waals surface area contributed by atoms with Crippen LogP contribution in [0, 0.1) is 12.8 Å². The Kier molecular flexibility index (Phi) is 4.11. The normalized spacial score (nSPS) is 15.9. The third-order valence-electron chi connectivity index (χ3n) is 3.99. The van der Waals surface area contributed by atoms with Crippen LogP contribution in [0.1, 0.15) is 39.4 Å². The Labute approximate surface area is 139 Å². The molecule has 0 bridgehead atoms. The van der Waals surface area contributed by atoms with Crippen LogP contribution in [-0.4, -0.2) is 38.6 Å². The van der Waals surface area contributed by atoms with Gasteiger partial charge in [0.05, 0.1) is 6.20 Å². The van der Waals surface area contributed by atoms with E-state index in [1.165, 1.54) is 10.6 Å². The van der Waals surface area contributed by atoms with Crippen LogP contribution in [0.4, 0.5) is 13.2 Å². The van der Waals surface area contributed by atoms with Crippen LogP contribution in [0.2, 0.25) is 0 Å². The summed E-state index contributed by atoms with van der Waals surface area (Å²) in [4.78, 5) is 28.0. The SMILES string of the molecule is Cc1cc(C(=O)NN)nc2c(C(=O)NC(C3CC3)C(F)(F)F)cnn12. The van der Waals surface area contributed by atoms with E-state index in [4.69, 9.17) is 5.84 Å². The van der Waals surface area contributed by atoms with Crippen molar-refractivity contribution >= 4 is 17.5 Å². The second-order valence-corrected chi connectivity index (χ2v) is 5.88. The Hall–Kier alpha value is -2.69. The fourth-order valence-electron chi connectivity index (χ4n) is 2.58. The standard InChI is InChI=1S/C14H15F3N6O2/c1-6-4-9(13(25)22-18)20-11-8(5-19-23(6)11)12(24)21-10(7-2-3-7)14(15,16)17/h4-5,7,10H,2-3,18H2,1H3,(H,21,24)(H,22,25). The van der Waals surface area contributed by atoms with Crippen molar-refractivity contribution in [3.05, 3.63) is 29.2 Å². The number of nitrogens with zero attached hydrogens (tertiary/aromatic N) is 3. The molecule has 0 saturated heterocycles. The maximum Gasteiger partial charge on any atom is 0.408 e. The molecule has 1 atom stereocenters. The molecule has 25 heavy (non-hydrogen) atoms. The number of aromatic nitrogens is 3. The van der Waals surface area contributed by atoms with Gasteiger partial charge < -0.3 is 5.32 Å². The number of halogens is 3. The molecule has 2 aromatic rings. The first kappa shape index (κ1) is 17.1. The molecule has 1 aliphatic carbocycles. The summed E-state index contributed by atoms with van der Waals surface area (Å²) in [7, 11) is 0. The van der Waals surface area contributed by atoms with Gasteiger partial charge in [-0.05, 0) is 31.7 Å². The van der Waals surface area contributed by atoms with Gasteiger partial charge in [-0.15, -0.1) is 0 Å². The Morgan fingerprint density at radius 2 is 2.04 bits per heavy atom. The van der Waals surface area contributed by atoms with Crippen molar-refractivity contribution in [2.24, 2.45) is 11.8 Å². The zero-order valence-electron chi connectivity index (χ0n) is 13.1. The van der Waals surface area contributed by atoms with Gasteiger partial charge in [-0.25, -0.2) is 15.3 Å². The van der Waals surface area contributed by atoms with Crippen LogP contribution >= 0.6 is 0 Å². The van der Waals surface area contributed by atoms with Gasteiger partial charge in [0.15, 0.2) is 5.65 Å². The van der Waals surface area contributed by atoms with Crippen LogP contribution in [0.15, 0.2) is 12.3 Å². The van der Waals surface area contributed by atoms with Crippen molar-refractivity contribution in [1.82, 2.24) is 25.3 Å². The lowest BCUT2D eigenvalue weighted by Crippen LogP contribution is -2.46. The van der Waals surface area contributed by atoms with Crippen LogP contribution in [-0.2, 0) is 0 Å². The predicted molar refractivity (Wildman–Crippen MR) is 79.4 cm³/mol. The van der Waals surface area contributed by atoms with Gasteiger partial charge in [-0.2, -0.15) is 18.3 Å². The number of amides is 2. The molecule has 0 spiro atoms. The quantitative estimate of drug-likeness (QED) is 0.424. The summed E-state index contributed by atoms with van der Waals surface area (Å²) in [5, 5.41) is 5.96. The van der Waals surface area contributed by atoms with Crippen LogP contribution in [0.25, 0.3) is 5.65 Å². The van der Waals surface area contributed by atoms with Gasteiger partial charge in [0.2, 0.25) is 0 Å². The minimum absolute atomic E-state index is 0.0205. The molecule has 3 rings (SSSR count). The second-order valence-electron chi connectivity index (χ2n) is 5.88. The maximum atomic E-state index is 13.1. The number of fused-ring (bicyclic) bond motifs is 1. The number of carbonyl (C=O) groups excluding carboxylic acids is 2. The fraction of sp³-hybridized carbons (Fsp3) is 0.429. The van der Waals surface area contributed by atoms with E-state index in [-0.39, 0.29) is 16.9 Å². The van der Waals surface area contributed by atoms with Crippen molar-refractivity contribution in [1.29, 1.82) is 0 Å². The molecular formula is C14H15F3N6O2. The third-order valence-corrected chi connectivity index (χ3v) is 3.99. The van der Waals surface area contributed by atoms with Gasteiger partial charge in [-0.1, -0.05) is 0 Å². The number of carbonyl (C=O) groups is 2. The summed E-state index contributed by atoms with van der Waals surface area (Å²) in [6, 6.07) is -0.515. The van der Waals surface area contributed by atoms with Crippen molar-refractivity contribution in [2.45, 2.75) is 32.0 Å². The molecule has 2 amide bonds. The lowest BCUT2D eigenvalue weighted by Gasteiger charge is -2.20. The Morgan fingerprint density at radius 3 is 2.60 bits per heavy atom. The van der Waals surface area contributed by atoms with E-state index in [2.05, 4.69) is 10.1 Å². The molecule has 0 aliphatic heterocycles. The van der Waals surface area contributed by atoms with Crippen molar-refractivity contribution in [3.63, 3.8) is 0 Å². The number of hydrogen-bond donors (Lipinski definition) is 3. The van der Waals surface area contributed by atoms with E-state index < -0.39 is 30.0 Å². The molecular weight excluding hydrogens is 341 g/mol. The van der Waals surface area contributed by atoms with E-state index in [0.29, 0.717) is 18.5 Å². The van der Waals surface area contributed by atoms with Gasteiger partial charge in [0.1, 0.15) is 17.3 Å². The minimum Gasteiger partial charge on any atom is -0.340 e. The molecule has 1 aliphatic rings. The maximum absolute atomic E-state index is 13.1. The Bertz CT molecular complexity index is 843. The molecule has 11 heteroatoms. The van der Waals surface area contributed by atoms with Crippen LogP contribution in [0.3, 0.4) is 0 Å². The summed E-state index contributed by atoms with van der Waals surface area (Å²) in [6.07, 6.45) is -2.59. The molecule has 2 aromatic heterocycles. The molecule has 2 heterocycles. The predicted octanol–water partition coefficient (Wildman–Crippen LogP) is 0.712. The number of hydrazine groups is 1. The molecule has 1 unspecified atom stereocenters. The van der Waals surface area contributed by atoms with Gasteiger partial charge in [0.25, 0.3) is 11.8 Å². The molecule has 0 aromatic carbocycles. The van der Waals surface area contributed by atoms with E-state index in [1.54, 1.807) is 6.92 Å². The number of nitrogens with two attached hydrogens (primary N) is 1. The zero-order valence-corrected chi connectivity index (χ0v) is 13.1. The Balaban J connectivity index is 1.96. The first-order chi connectivity index (χ1) is 11.7. The van der Waals surface area contributed by atoms with E-state index in [1.807, 2.05) is 10.7 Å². The third kappa shape index (κ3) is 3.27. The second kappa shape index (κ2) is 5.99.